The molecule has 1 aliphatic rings. The predicted octanol–water partition coefficient (Wildman–Crippen LogP) is 2.68. The molecule has 3 amide bonds. The Hall–Kier alpha value is -3.22. The first-order valence-electron chi connectivity index (χ1n) is 9.01. The van der Waals surface area contributed by atoms with Crippen LogP contribution in [0, 0.1) is 0 Å². The van der Waals surface area contributed by atoms with Crippen molar-refractivity contribution in [1.82, 2.24) is 9.88 Å². The van der Waals surface area contributed by atoms with E-state index >= 15 is 0 Å². The molecule has 0 radical (unpaired) electrons. The summed E-state index contributed by atoms with van der Waals surface area (Å²) >= 11 is 0. The molecule has 0 bridgehead atoms. The highest BCUT2D eigenvalue weighted by Crippen LogP contribution is 2.17. The van der Waals surface area contributed by atoms with E-state index in [-0.39, 0.29) is 24.1 Å². The second-order valence-corrected chi connectivity index (χ2v) is 6.41. The zero-order chi connectivity index (χ0) is 19.1. The van der Waals surface area contributed by atoms with Gasteiger partial charge in [-0.25, -0.2) is 0 Å². The van der Waals surface area contributed by atoms with Gasteiger partial charge < -0.3 is 15.5 Å². The minimum absolute atomic E-state index is 0.120. The van der Waals surface area contributed by atoms with Gasteiger partial charge in [-0.2, -0.15) is 0 Å². The molecule has 0 saturated carbocycles. The van der Waals surface area contributed by atoms with Crippen LogP contribution in [0.15, 0.2) is 48.8 Å². The lowest BCUT2D eigenvalue weighted by atomic mass is 10.1. The normalized spacial score (nSPS) is 13.9. The number of rotatable bonds is 6. The van der Waals surface area contributed by atoms with Crippen molar-refractivity contribution in [2.45, 2.75) is 25.7 Å². The van der Waals surface area contributed by atoms with Gasteiger partial charge in [0.25, 0.3) is 5.91 Å². The molecule has 1 aromatic heterocycles. The molecule has 0 spiro atoms. The number of pyridine rings is 1. The molecule has 0 aliphatic carbocycles. The number of hydrogen-bond acceptors (Lipinski definition) is 4. The molecule has 1 aromatic carbocycles. The quantitative estimate of drug-likeness (QED) is 0.822. The van der Waals surface area contributed by atoms with Crippen LogP contribution < -0.4 is 10.6 Å². The van der Waals surface area contributed by atoms with Crippen LogP contribution in [0.2, 0.25) is 0 Å². The van der Waals surface area contributed by atoms with Crippen LogP contribution >= 0.6 is 0 Å². The summed E-state index contributed by atoms with van der Waals surface area (Å²) in [5.41, 5.74) is 1.62. The highest BCUT2D eigenvalue weighted by Gasteiger charge is 2.18. The first kappa shape index (κ1) is 18.6. The fraction of sp³-hybridized carbons (Fsp3) is 0.300. The van der Waals surface area contributed by atoms with E-state index in [9.17, 15) is 14.4 Å². The Morgan fingerprint density at radius 3 is 2.63 bits per heavy atom. The molecule has 1 saturated heterocycles. The van der Waals surface area contributed by atoms with Crippen LogP contribution in [0.25, 0.3) is 0 Å². The van der Waals surface area contributed by atoms with Gasteiger partial charge in [-0.15, -0.1) is 0 Å². The maximum atomic E-state index is 12.2. The number of carbonyl (C=O) groups excluding carboxylic acids is 3. The van der Waals surface area contributed by atoms with Gasteiger partial charge in [0.1, 0.15) is 0 Å². The Kier molecular flexibility index (Phi) is 6.14. The summed E-state index contributed by atoms with van der Waals surface area (Å²) in [7, 11) is 0. The van der Waals surface area contributed by atoms with Gasteiger partial charge in [-0.3, -0.25) is 19.4 Å². The van der Waals surface area contributed by atoms with Crippen LogP contribution in [-0.4, -0.2) is 40.7 Å². The van der Waals surface area contributed by atoms with E-state index < -0.39 is 0 Å². The van der Waals surface area contributed by atoms with Crippen LogP contribution in [0.1, 0.15) is 36.0 Å². The summed E-state index contributed by atoms with van der Waals surface area (Å²) < 4.78 is 0. The lowest BCUT2D eigenvalue weighted by Gasteiger charge is -2.26. The third-order valence-electron chi connectivity index (χ3n) is 4.36. The van der Waals surface area contributed by atoms with Crippen LogP contribution in [0.5, 0.6) is 0 Å². The Morgan fingerprint density at radius 1 is 1.07 bits per heavy atom. The van der Waals surface area contributed by atoms with Gasteiger partial charge >= 0.3 is 0 Å². The third kappa shape index (κ3) is 5.37. The van der Waals surface area contributed by atoms with Crippen LogP contribution in [0.3, 0.4) is 0 Å². The highest BCUT2D eigenvalue weighted by atomic mass is 16.2. The summed E-state index contributed by atoms with van der Waals surface area (Å²) in [6.07, 6.45) is 5.83. The molecule has 1 aliphatic heterocycles. The predicted molar refractivity (Wildman–Crippen MR) is 102 cm³/mol. The Morgan fingerprint density at radius 2 is 1.89 bits per heavy atom. The second-order valence-electron chi connectivity index (χ2n) is 6.41. The summed E-state index contributed by atoms with van der Waals surface area (Å²) in [6, 6.07) is 10.3. The molecule has 0 unspecified atom stereocenters. The van der Waals surface area contributed by atoms with Crippen molar-refractivity contribution in [2.24, 2.45) is 0 Å². The van der Waals surface area contributed by atoms with Crippen molar-refractivity contribution in [1.29, 1.82) is 0 Å². The lowest BCUT2D eigenvalue weighted by Crippen LogP contribution is -2.37. The number of piperidine rings is 1. The minimum atomic E-state index is -0.268. The van der Waals surface area contributed by atoms with Crippen molar-refractivity contribution >= 4 is 29.1 Å². The number of amides is 3. The topological polar surface area (TPSA) is 91.4 Å². The molecule has 2 aromatic rings. The molecular formula is C20H22N4O3. The van der Waals surface area contributed by atoms with Crippen molar-refractivity contribution in [3.05, 3.63) is 54.4 Å². The third-order valence-corrected chi connectivity index (χ3v) is 4.36. The monoisotopic (exact) mass is 366 g/mol. The van der Waals surface area contributed by atoms with E-state index in [4.69, 9.17) is 0 Å². The largest absolute Gasteiger partial charge is 0.342 e. The minimum Gasteiger partial charge on any atom is -0.342 e. The molecule has 2 heterocycles. The van der Waals surface area contributed by atoms with Gasteiger partial charge in [-0.1, -0.05) is 6.07 Å². The summed E-state index contributed by atoms with van der Waals surface area (Å²) in [4.78, 5) is 41.8. The number of aromatic nitrogens is 1. The zero-order valence-corrected chi connectivity index (χ0v) is 15.0. The van der Waals surface area contributed by atoms with Crippen molar-refractivity contribution < 1.29 is 14.4 Å². The second kappa shape index (κ2) is 8.93. The fourth-order valence-corrected chi connectivity index (χ4v) is 2.93. The molecule has 27 heavy (non-hydrogen) atoms. The fourth-order valence-electron chi connectivity index (χ4n) is 2.93. The number of benzene rings is 1. The van der Waals surface area contributed by atoms with Crippen LogP contribution in [0.4, 0.5) is 11.4 Å². The van der Waals surface area contributed by atoms with Crippen molar-refractivity contribution in [3.63, 3.8) is 0 Å². The average Bonchev–Trinajstić information content (AvgIpc) is 2.68. The maximum Gasteiger partial charge on any atom is 0.257 e. The molecule has 7 nitrogen and oxygen atoms in total. The zero-order valence-electron chi connectivity index (χ0n) is 15.0. The van der Waals surface area contributed by atoms with Gasteiger partial charge in [-0.05, 0) is 43.2 Å². The molecular weight excluding hydrogens is 344 g/mol. The highest BCUT2D eigenvalue weighted by molar-refractivity contribution is 6.04. The van der Waals surface area contributed by atoms with E-state index in [1.165, 1.54) is 6.20 Å². The Balaban J connectivity index is 1.53. The Labute approximate surface area is 157 Å². The molecule has 1 fully saturated rings. The van der Waals surface area contributed by atoms with Gasteiger partial charge in [0, 0.05) is 49.7 Å². The lowest BCUT2D eigenvalue weighted by molar-refractivity contribution is -0.133. The number of nitrogens with one attached hydrogen (secondary N) is 2. The maximum absolute atomic E-state index is 12.2. The van der Waals surface area contributed by atoms with Crippen molar-refractivity contribution in [2.75, 3.05) is 23.7 Å². The summed E-state index contributed by atoms with van der Waals surface area (Å²) in [5, 5.41) is 5.59. The van der Waals surface area contributed by atoms with Crippen molar-refractivity contribution in [3.8, 4) is 0 Å². The molecule has 0 atom stereocenters. The van der Waals surface area contributed by atoms with E-state index in [0.717, 1.165) is 19.4 Å². The summed E-state index contributed by atoms with van der Waals surface area (Å²) in [5.74, 6) is -0.312. The SMILES string of the molecule is O=C(CCN1CCCCC1=O)Nc1cccc(NC(=O)c2cccnc2)c1. The smallest absolute Gasteiger partial charge is 0.257 e. The standard InChI is InChI=1S/C20H22N4O3/c25-18(9-12-24-11-2-1-8-19(24)26)22-16-6-3-7-17(13-16)23-20(27)15-5-4-10-21-14-15/h3-7,10,13-14H,1-2,8-9,11-12H2,(H,22,25)(H,23,27). The number of likely N-dealkylation sites (tertiary alicyclic amines) is 1. The number of anilines is 2. The van der Waals surface area contributed by atoms with Gasteiger partial charge in [0.2, 0.25) is 11.8 Å². The number of nitrogens with zero attached hydrogens (tertiary/aromatic N) is 2. The van der Waals surface area contributed by atoms with Crippen LogP contribution in [-0.2, 0) is 9.59 Å². The molecule has 2 N–H and O–H groups in total. The van der Waals surface area contributed by atoms with E-state index in [1.54, 1.807) is 47.5 Å². The summed E-state index contributed by atoms with van der Waals surface area (Å²) in [6.45, 7) is 1.16. The number of carbonyl (C=O) groups is 3. The van der Waals surface area contributed by atoms with E-state index in [0.29, 0.717) is 29.9 Å². The average molecular weight is 366 g/mol. The van der Waals surface area contributed by atoms with E-state index in [1.807, 2.05) is 0 Å². The Bertz CT molecular complexity index is 823. The van der Waals surface area contributed by atoms with Gasteiger partial charge in [0.15, 0.2) is 0 Å². The molecule has 3 rings (SSSR count). The first-order valence-corrected chi connectivity index (χ1v) is 9.01. The first-order chi connectivity index (χ1) is 13.1. The van der Waals surface area contributed by atoms with E-state index in [2.05, 4.69) is 15.6 Å². The van der Waals surface area contributed by atoms with Gasteiger partial charge in [0.05, 0.1) is 5.56 Å². The molecule has 7 heteroatoms. The number of hydrogen-bond donors (Lipinski definition) is 2. The molecule has 140 valence electrons.